The molecule has 0 aromatic carbocycles. The van der Waals surface area contributed by atoms with Gasteiger partial charge in [0.05, 0.1) is 0 Å². The Kier molecular flexibility index (Phi) is 11.8. The molecule has 1 unspecified atom stereocenters. The smallest absolute Gasteiger partial charge is 0.0263 e. The summed E-state index contributed by atoms with van der Waals surface area (Å²) in [6.07, 6.45) is 11.6. The van der Waals surface area contributed by atoms with E-state index in [9.17, 15) is 0 Å². The van der Waals surface area contributed by atoms with Gasteiger partial charge in [0.2, 0.25) is 0 Å². The summed E-state index contributed by atoms with van der Waals surface area (Å²) in [5, 5.41) is 6.74. The number of unbranched alkanes of at least 4 members (excludes halogenated alkanes) is 3. The Morgan fingerprint density at radius 3 is 2.38 bits per heavy atom. The number of nitrogens with one attached hydrogen (secondary N) is 2. The molecule has 2 nitrogen and oxygen atoms in total. The molecule has 2 heteroatoms. The normalized spacial score (nSPS) is 12.6. The van der Waals surface area contributed by atoms with Crippen molar-refractivity contribution < 1.29 is 2.85 Å². The summed E-state index contributed by atoms with van der Waals surface area (Å²) in [5.74, 6) is 0.635. The predicted octanol–water partition coefficient (Wildman–Crippen LogP) is 5.65. The van der Waals surface area contributed by atoms with Gasteiger partial charge in [-0.2, -0.15) is 0 Å². The van der Waals surface area contributed by atoms with Gasteiger partial charge in [0.1, 0.15) is 0 Å². The summed E-state index contributed by atoms with van der Waals surface area (Å²) in [4.78, 5) is 0. The second-order valence-corrected chi connectivity index (χ2v) is 6.26. The van der Waals surface area contributed by atoms with Gasteiger partial charge in [-0.05, 0) is 45.1 Å². The molecule has 0 rings (SSSR count). The first kappa shape index (κ1) is 19.8. The molecule has 0 heterocycles. The van der Waals surface area contributed by atoms with Crippen molar-refractivity contribution in [2.45, 2.75) is 72.3 Å². The predicted molar refractivity (Wildman–Crippen MR) is 100 cm³/mol. The summed E-state index contributed by atoms with van der Waals surface area (Å²) in [6, 6.07) is 0.496. The Morgan fingerprint density at radius 1 is 1.10 bits per heavy atom. The van der Waals surface area contributed by atoms with Crippen LogP contribution in [0.3, 0.4) is 0 Å². The summed E-state index contributed by atoms with van der Waals surface area (Å²) in [6.45, 7) is 17.8. The molecule has 2 N–H and O–H groups in total. The highest BCUT2D eigenvalue weighted by Gasteiger charge is 1.97. The van der Waals surface area contributed by atoms with Crippen molar-refractivity contribution in [2.75, 3.05) is 6.54 Å². The number of hydrogen-bond donors (Lipinski definition) is 2. The van der Waals surface area contributed by atoms with Crippen LogP contribution in [-0.4, -0.2) is 12.6 Å². The zero-order valence-corrected chi connectivity index (χ0v) is 14.7. The minimum absolute atomic E-state index is 0. The molecule has 0 aromatic heterocycles. The van der Waals surface area contributed by atoms with Crippen LogP contribution in [0, 0.1) is 5.92 Å². The van der Waals surface area contributed by atoms with Gasteiger partial charge in [-0.3, -0.25) is 0 Å². The highest BCUT2D eigenvalue weighted by atomic mass is 14.9. The Morgan fingerprint density at radius 2 is 1.76 bits per heavy atom. The van der Waals surface area contributed by atoms with Crippen molar-refractivity contribution in [1.29, 1.82) is 0 Å². The molecule has 0 aromatic rings. The Bertz CT molecular complexity index is 325. The topological polar surface area (TPSA) is 24.1 Å². The van der Waals surface area contributed by atoms with Crippen molar-refractivity contribution in [1.82, 2.24) is 10.6 Å². The van der Waals surface area contributed by atoms with E-state index in [1.807, 2.05) is 0 Å². The summed E-state index contributed by atoms with van der Waals surface area (Å²) >= 11 is 0. The molecule has 0 radical (unpaired) electrons. The average Bonchev–Trinajstić information content (AvgIpc) is 2.42. The van der Waals surface area contributed by atoms with Crippen LogP contribution in [-0.2, 0) is 0 Å². The van der Waals surface area contributed by atoms with Crippen LogP contribution in [0.1, 0.15) is 69.1 Å². The lowest BCUT2D eigenvalue weighted by atomic mass is 10.1. The molecular weight excluding hydrogens is 256 g/mol. The van der Waals surface area contributed by atoms with E-state index in [0.29, 0.717) is 12.0 Å². The fourth-order valence-corrected chi connectivity index (χ4v) is 2.02. The molecule has 0 amide bonds. The molecule has 0 bridgehead atoms. The second-order valence-electron chi connectivity index (χ2n) is 6.26. The maximum atomic E-state index is 4.05. The number of rotatable bonds is 13. The quantitative estimate of drug-likeness (QED) is 0.339. The first-order chi connectivity index (χ1) is 9.95. The zero-order valence-electron chi connectivity index (χ0n) is 14.7. The maximum absolute atomic E-state index is 4.05. The third-order valence-electron chi connectivity index (χ3n) is 3.52. The molecule has 1 atom stereocenters. The molecule has 0 aliphatic heterocycles. The van der Waals surface area contributed by atoms with E-state index in [-0.39, 0.29) is 2.85 Å². The first-order valence-corrected chi connectivity index (χ1v) is 8.51. The van der Waals surface area contributed by atoms with Crippen LogP contribution < -0.4 is 10.6 Å². The minimum atomic E-state index is 0. The largest absolute Gasteiger partial charge is 0.387 e. The highest BCUT2D eigenvalue weighted by molar-refractivity contribution is 5.12. The Labute approximate surface area is 135 Å². The zero-order chi connectivity index (χ0) is 16.1. The summed E-state index contributed by atoms with van der Waals surface area (Å²) < 4.78 is 0. The van der Waals surface area contributed by atoms with Gasteiger partial charge >= 0.3 is 0 Å². The van der Waals surface area contributed by atoms with E-state index >= 15 is 0 Å². The monoisotopic (exact) mass is 296 g/mol. The first-order valence-electron chi connectivity index (χ1n) is 8.51. The highest BCUT2D eigenvalue weighted by Crippen LogP contribution is 2.08. The van der Waals surface area contributed by atoms with Crippen LogP contribution in [0.5, 0.6) is 0 Å². The van der Waals surface area contributed by atoms with Gasteiger partial charge in [-0.25, -0.2) is 0 Å². The second kappa shape index (κ2) is 12.6. The third-order valence-corrected chi connectivity index (χ3v) is 3.52. The van der Waals surface area contributed by atoms with E-state index in [4.69, 9.17) is 0 Å². The molecule has 0 aliphatic rings. The van der Waals surface area contributed by atoms with Gasteiger partial charge in [0, 0.05) is 26.8 Å². The third kappa shape index (κ3) is 13.6. The SMILES string of the molecule is C=C(/C=C/C(C)CC)NCCCCCCC(=C)NC(C)C.[HH].[HH]. The number of allylic oxidation sites excluding steroid dienone is 3. The van der Waals surface area contributed by atoms with Crippen LogP contribution in [0.4, 0.5) is 0 Å². The van der Waals surface area contributed by atoms with E-state index in [1.54, 1.807) is 0 Å². The fourth-order valence-electron chi connectivity index (χ4n) is 2.02. The van der Waals surface area contributed by atoms with Gasteiger partial charge < -0.3 is 10.6 Å². The van der Waals surface area contributed by atoms with E-state index in [2.05, 4.69) is 63.6 Å². The molecule has 0 aliphatic carbocycles. The van der Waals surface area contributed by atoms with Crippen molar-refractivity contribution in [3.05, 3.63) is 36.7 Å². The van der Waals surface area contributed by atoms with Crippen LogP contribution in [0.25, 0.3) is 0 Å². The number of hydrogen-bond acceptors (Lipinski definition) is 2. The standard InChI is InChI=1S/C19H36N2.2H2/c1-7-17(4)13-14-18(5)20-15-11-9-8-10-12-19(6)21-16(2)3;;/h13-14,16-17,20-21H,5-12,15H2,1-4H3;2*1H/b14-13+;;. The summed E-state index contributed by atoms with van der Waals surface area (Å²) in [5.41, 5.74) is 2.21. The van der Waals surface area contributed by atoms with Gasteiger partial charge in [0.15, 0.2) is 0 Å². The van der Waals surface area contributed by atoms with E-state index in [1.165, 1.54) is 37.8 Å². The molecule has 0 saturated heterocycles. The van der Waals surface area contributed by atoms with Gasteiger partial charge in [-0.1, -0.05) is 52.3 Å². The molecule has 21 heavy (non-hydrogen) atoms. The lowest BCUT2D eigenvalue weighted by Gasteiger charge is -2.12. The van der Waals surface area contributed by atoms with Crippen molar-refractivity contribution >= 4 is 0 Å². The molecule has 0 spiro atoms. The van der Waals surface area contributed by atoms with E-state index in [0.717, 1.165) is 18.7 Å². The average molecular weight is 297 g/mol. The Balaban J connectivity index is -0.00000200. The Hall–Kier alpha value is -1.18. The van der Waals surface area contributed by atoms with Crippen LogP contribution in [0.2, 0.25) is 0 Å². The minimum Gasteiger partial charge on any atom is -0.387 e. The van der Waals surface area contributed by atoms with Crippen molar-refractivity contribution in [3.63, 3.8) is 0 Å². The molecule has 0 saturated carbocycles. The van der Waals surface area contributed by atoms with Crippen molar-refractivity contribution in [3.8, 4) is 0 Å². The van der Waals surface area contributed by atoms with Gasteiger partial charge in [0.25, 0.3) is 0 Å². The maximum Gasteiger partial charge on any atom is 0.0263 e. The lowest BCUT2D eigenvalue weighted by Crippen LogP contribution is -2.21. The molecule has 0 fully saturated rings. The van der Waals surface area contributed by atoms with Crippen molar-refractivity contribution in [2.24, 2.45) is 5.92 Å². The lowest BCUT2D eigenvalue weighted by molar-refractivity contribution is 0.587. The fraction of sp³-hybridized carbons (Fsp3) is 0.684. The van der Waals surface area contributed by atoms with Gasteiger partial charge in [-0.15, -0.1) is 0 Å². The summed E-state index contributed by atoms with van der Waals surface area (Å²) in [7, 11) is 0. The van der Waals surface area contributed by atoms with E-state index < -0.39 is 0 Å². The molecular formula is C19H40N2. The van der Waals surface area contributed by atoms with Crippen LogP contribution >= 0.6 is 0 Å². The van der Waals surface area contributed by atoms with Crippen LogP contribution in [0.15, 0.2) is 36.7 Å². The molecule has 126 valence electrons.